The maximum absolute atomic E-state index is 6.28. The molecule has 0 bridgehead atoms. The standard InChI is InChI=1S/C20H16Cl2N2O2/c1-11-13(10-25-2)19-16(9-23-11)24-15-4-3-5-18(20(15)19)26-17-7-6-12(21)8-14(17)22/h3-9,24H,10H2,1-2H3. The van der Waals surface area contributed by atoms with Gasteiger partial charge in [0.1, 0.15) is 11.5 Å². The highest BCUT2D eigenvalue weighted by Gasteiger charge is 2.16. The summed E-state index contributed by atoms with van der Waals surface area (Å²) in [5.74, 6) is 1.26. The Hall–Kier alpha value is -2.27. The fraction of sp³-hybridized carbons (Fsp3) is 0.150. The van der Waals surface area contributed by atoms with Crippen LogP contribution in [0, 0.1) is 6.92 Å². The maximum Gasteiger partial charge on any atom is 0.146 e. The van der Waals surface area contributed by atoms with E-state index in [1.165, 1.54) is 0 Å². The lowest BCUT2D eigenvalue weighted by Gasteiger charge is -2.11. The van der Waals surface area contributed by atoms with Crippen molar-refractivity contribution in [2.75, 3.05) is 7.11 Å². The summed E-state index contributed by atoms with van der Waals surface area (Å²) in [6, 6.07) is 11.1. The van der Waals surface area contributed by atoms with E-state index in [0.29, 0.717) is 28.2 Å². The van der Waals surface area contributed by atoms with Crippen LogP contribution < -0.4 is 4.74 Å². The summed E-state index contributed by atoms with van der Waals surface area (Å²) in [4.78, 5) is 7.87. The topological polar surface area (TPSA) is 47.1 Å². The third kappa shape index (κ3) is 2.90. The molecule has 0 aliphatic carbocycles. The first kappa shape index (κ1) is 17.2. The van der Waals surface area contributed by atoms with Gasteiger partial charge < -0.3 is 14.5 Å². The first-order valence-corrected chi connectivity index (χ1v) is 8.85. The van der Waals surface area contributed by atoms with Crippen molar-refractivity contribution < 1.29 is 9.47 Å². The third-order valence-electron chi connectivity index (χ3n) is 4.34. The zero-order chi connectivity index (χ0) is 18.3. The summed E-state index contributed by atoms with van der Waals surface area (Å²) in [5.41, 5.74) is 3.87. The zero-order valence-electron chi connectivity index (χ0n) is 14.3. The average Bonchev–Trinajstić information content (AvgIpc) is 3.00. The van der Waals surface area contributed by atoms with Gasteiger partial charge in [0.2, 0.25) is 0 Å². The number of nitrogens with zero attached hydrogens (tertiary/aromatic N) is 1. The number of aromatic amines is 1. The van der Waals surface area contributed by atoms with Crippen molar-refractivity contribution in [1.82, 2.24) is 9.97 Å². The van der Waals surface area contributed by atoms with Gasteiger partial charge in [-0.15, -0.1) is 0 Å². The molecule has 26 heavy (non-hydrogen) atoms. The minimum absolute atomic E-state index is 0.462. The monoisotopic (exact) mass is 386 g/mol. The van der Waals surface area contributed by atoms with Crippen molar-refractivity contribution in [1.29, 1.82) is 0 Å². The predicted octanol–water partition coefficient (Wildman–Crippen LogP) is 6.27. The van der Waals surface area contributed by atoms with Gasteiger partial charge in [-0.2, -0.15) is 0 Å². The Morgan fingerprint density at radius 2 is 1.88 bits per heavy atom. The molecule has 0 fully saturated rings. The predicted molar refractivity (Wildman–Crippen MR) is 106 cm³/mol. The van der Waals surface area contributed by atoms with Crippen molar-refractivity contribution in [2.24, 2.45) is 0 Å². The quantitative estimate of drug-likeness (QED) is 0.449. The molecule has 0 radical (unpaired) electrons. The number of aryl methyl sites for hydroxylation is 1. The lowest BCUT2D eigenvalue weighted by molar-refractivity contribution is 0.185. The molecule has 2 heterocycles. The van der Waals surface area contributed by atoms with Gasteiger partial charge >= 0.3 is 0 Å². The molecular formula is C20H16Cl2N2O2. The highest BCUT2D eigenvalue weighted by molar-refractivity contribution is 6.35. The largest absolute Gasteiger partial charge is 0.455 e. The summed E-state index contributed by atoms with van der Waals surface area (Å²) < 4.78 is 11.5. The Morgan fingerprint density at radius 1 is 1.04 bits per heavy atom. The number of nitrogens with one attached hydrogen (secondary N) is 1. The van der Waals surface area contributed by atoms with Gasteiger partial charge in [0.15, 0.2) is 0 Å². The summed E-state index contributed by atoms with van der Waals surface area (Å²) in [7, 11) is 1.68. The van der Waals surface area contributed by atoms with Crippen LogP contribution in [-0.2, 0) is 11.3 Å². The molecule has 0 aliphatic rings. The minimum atomic E-state index is 0.462. The second-order valence-electron chi connectivity index (χ2n) is 6.02. The minimum Gasteiger partial charge on any atom is -0.455 e. The molecule has 4 aromatic rings. The van der Waals surface area contributed by atoms with Crippen molar-refractivity contribution in [2.45, 2.75) is 13.5 Å². The first-order valence-electron chi connectivity index (χ1n) is 8.09. The van der Waals surface area contributed by atoms with Gasteiger partial charge in [-0.3, -0.25) is 4.98 Å². The van der Waals surface area contributed by atoms with Gasteiger partial charge in [0, 0.05) is 28.8 Å². The van der Waals surface area contributed by atoms with E-state index in [1.54, 1.807) is 25.3 Å². The molecule has 4 rings (SSSR count). The summed E-state index contributed by atoms with van der Waals surface area (Å²) >= 11 is 12.3. The van der Waals surface area contributed by atoms with E-state index in [4.69, 9.17) is 32.7 Å². The van der Waals surface area contributed by atoms with Crippen LogP contribution in [-0.4, -0.2) is 17.1 Å². The Bertz CT molecular complexity index is 1120. The van der Waals surface area contributed by atoms with Crippen LogP contribution in [0.25, 0.3) is 21.8 Å². The third-order valence-corrected chi connectivity index (χ3v) is 4.87. The molecule has 0 spiro atoms. The normalized spacial score (nSPS) is 11.4. The van der Waals surface area contributed by atoms with E-state index in [9.17, 15) is 0 Å². The van der Waals surface area contributed by atoms with Crippen molar-refractivity contribution in [3.05, 3.63) is 63.9 Å². The zero-order valence-corrected chi connectivity index (χ0v) is 15.8. The van der Waals surface area contributed by atoms with Gasteiger partial charge in [-0.05, 0) is 37.3 Å². The fourth-order valence-electron chi connectivity index (χ4n) is 3.15. The second kappa shape index (κ2) is 6.80. The number of hydrogen-bond acceptors (Lipinski definition) is 3. The van der Waals surface area contributed by atoms with Crippen molar-refractivity contribution in [3.8, 4) is 11.5 Å². The van der Waals surface area contributed by atoms with Crippen LogP contribution in [0.3, 0.4) is 0 Å². The SMILES string of the molecule is COCc1c(C)ncc2[nH]c3cccc(Oc4ccc(Cl)cc4Cl)c3c12. The molecule has 132 valence electrons. The van der Waals surface area contributed by atoms with Crippen molar-refractivity contribution >= 4 is 45.0 Å². The number of benzene rings is 2. The van der Waals surface area contributed by atoms with E-state index in [2.05, 4.69) is 9.97 Å². The molecular weight excluding hydrogens is 371 g/mol. The van der Waals surface area contributed by atoms with Crippen LogP contribution in [0.5, 0.6) is 11.5 Å². The average molecular weight is 387 g/mol. The van der Waals surface area contributed by atoms with Crippen LogP contribution in [0.4, 0.5) is 0 Å². The number of ether oxygens (including phenoxy) is 2. The molecule has 0 saturated heterocycles. The van der Waals surface area contributed by atoms with E-state index in [-0.39, 0.29) is 0 Å². The van der Waals surface area contributed by atoms with Gasteiger partial charge in [-0.25, -0.2) is 0 Å². The molecule has 0 unspecified atom stereocenters. The summed E-state index contributed by atoms with van der Waals surface area (Å²) in [5, 5.41) is 3.06. The van der Waals surface area contributed by atoms with E-state index >= 15 is 0 Å². The number of hydrogen-bond donors (Lipinski definition) is 1. The number of pyridine rings is 1. The Kier molecular flexibility index (Phi) is 4.49. The van der Waals surface area contributed by atoms with E-state index in [0.717, 1.165) is 33.1 Å². The van der Waals surface area contributed by atoms with E-state index < -0.39 is 0 Å². The summed E-state index contributed by atoms with van der Waals surface area (Å²) in [6.45, 7) is 2.45. The lowest BCUT2D eigenvalue weighted by Crippen LogP contribution is -1.96. The molecule has 0 atom stereocenters. The van der Waals surface area contributed by atoms with E-state index in [1.807, 2.05) is 31.3 Å². The number of aromatic nitrogens is 2. The second-order valence-corrected chi connectivity index (χ2v) is 6.87. The molecule has 0 saturated carbocycles. The highest BCUT2D eigenvalue weighted by Crippen LogP contribution is 2.39. The van der Waals surface area contributed by atoms with Crippen LogP contribution in [0.2, 0.25) is 10.0 Å². The Morgan fingerprint density at radius 3 is 2.65 bits per heavy atom. The summed E-state index contributed by atoms with van der Waals surface area (Å²) in [6.07, 6.45) is 1.84. The van der Waals surface area contributed by atoms with Crippen LogP contribution in [0.15, 0.2) is 42.6 Å². The Balaban J connectivity index is 1.96. The van der Waals surface area contributed by atoms with Gasteiger partial charge in [0.25, 0.3) is 0 Å². The number of fused-ring (bicyclic) bond motifs is 3. The molecule has 1 N–H and O–H groups in total. The number of rotatable bonds is 4. The smallest absolute Gasteiger partial charge is 0.146 e. The van der Waals surface area contributed by atoms with Gasteiger partial charge in [0.05, 0.1) is 34.2 Å². The first-order chi connectivity index (χ1) is 12.6. The van der Waals surface area contributed by atoms with Gasteiger partial charge in [-0.1, -0.05) is 29.3 Å². The fourth-order valence-corrected chi connectivity index (χ4v) is 3.60. The lowest BCUT2D eigenvalue weighted by atomic mass is 10.1. The van der Waals surface area contributed by atoms with Crippen LogP contribution >= 0.6 is 23.2 Å². The maximum atomic E-state index is 6.28. The van der Waals surface area contributed by atoms with Crippen LogP contribution in [0.1, 0.15) is 11.3 Å². The molecule has 2 aromatic heterocycles. The molecule has 4 nitrogen and oxygen atoms in total. The molecule has 6 heteroatoms. The highest BCUT2D eigenvalue weighted by atomic mass is 35.5. The number of H-pyrrole nitrogens is 1. The Labute approximate surface area is 160 Å². The molecule has 2 aromatic carbocycles. The number of methoxy groups -OCH3 is 1. The molecule has 0 aliphatic heterocycles. The molecule has 0 amide bonds. The van der Waals surface area contributed by atoms with Crippen molar-refractivity contribution in [3.63, 3.8) is 0 Å². The number of halogens is 2.